The number of hydrogen-bond acceptors (Lipinski definition) is 5. The molecule has 0 unspecified atom stereocenters. The minimum atomic E-state index is -1.20. The summed E-state index contributed by atoms with van der Waals surface area (Å²) >= 11 is 1.57. The van der Waals surface area contributed by atoms with Gasteiger partial charge in [0.25, 0.3) is 0 Å². The molecule has 0 saturated heterocycles. The van der Waals surface area contributed by atoms with Crippen molar-refractivity contribution in [2.75, 3.05) is 26.2 Å². The number of ether oxygens (including phenoxy) is 2. The molecule has 2 bridgehead atoms. The van der Waals surface area contributed by atoms with E-state index in [-0.39, 0.29) is 11.7 Å². The van der Waals surface area contributed by atoms with Crippen LogP contribution < -0.4 is 0 Å². The average Bonchev–Trinajstić information content (AvgIpc) is 2.43. The van der Waals surface area contributed by atoms with E-state index < -0.39 is 16.6 Å². The maximum Gasteiger partial charge on any atom is 0.202 e. The number of fused-ring (bicyclic) bond motifs is 2. The van der Waals surface area contributed by atoms with Crippen molar-refractivity contribution in [1.82, 2.24) is 0 Å². The molecule has 0 aromatic heterocycles. The lowest BCUT2D eigenvalue weighted by Crippen LogP contribution is -2.72. The Bertz CT molecular complexity index is 435. The summed E-state index contributed by atoms with van der Waals surface area (Å²) in [5.74, 6) is 0.356. The van der Waals surface area contributed by atoms with Gasteiger partial charge in [0.05, 0.1) is 5.41 Å². The lowest BCUT2D eigenvalue weighted by Gasteiger charge is -2.57. The molecular weight excluding hydrogens is 264 g/mol. The lowest BCUT2D eigenvalue weighted by molar-refractivity contribution is -0.194. The normalized spacial score (nSPS) is 44.6. The molecule has 106 valence electrons. The van der Waals surface area contributed by atoms with E-state index in [9.17, 15) is 9.59 Å². The molecule has 1 saturated carbocycles. The van der Waals surface area contributed by atoms with E-state index in [1.807, 2.05) is 12.3 Å². The smallest absolute Gasteiger partial charge is 0.202 e. The molecule has 19 heavy (non-hydrogen) atoms. The summed E-state index contributed by atoms with van der Waals surface area (Å²) in [7, 11) is 3.04. The molecule has 3 aliphatic rings. The Morgan fingerprint density at radius 3 is 2.63 bits per heavy atom. The van der Waals surface area contributed by atoms with Gasteiger partial charge >= 0.3 is 0 Å². The molecule has 3 aliphatic carbocycles. The fourth-order valence-corrected chi connectivity index (χ4v) is 4.37. The van der Waals surface area contributed by atoms with Gasteiger partial charge in [-0.1, -0.05) is 6.08 Å². The van der Waals surface area contributed by atoms with Gasteiger partial charge in [0.1, 0.15) is 11.9 Å². The van der Waals surface area contributed by atoms with E-state index in [2.05, 4.69) is 0 Å². The summed E-state index contributed by atoms with van der Waals surface area (Å²) in [5, 5.41) is 0. The number of Topliss-reactive ketones (excluding diaryl/α,β-unsaturated/α-hetero) is 1. The second-order valence-electron chi connectivity index (χ2n) is 5.50. The van der Waals surface area contributed by atoms with Crippen molar-refractivity contribution < 1.29 is 19.1 Å². The van der Waals surface area contributed by atoms with E-state index in [0.29, 0.717) is 12.2 Å². The Kier molecular flexibility index (Phi) is 3.66. The topological polar surface area (TPSA) is 52.6 Å². The molecule has 4 atom stereocenters. The third kappa shape index (κ3) is 1.61. The zero-order valence-electron chi connectivity index (χ0n) is 11.8. The fourth-order valence-electron chi connectivity index (χ4n) is 3.48. The van der Waals surface area contributed by atoms with Crippen LogP contribution in [0.2, 0.25) is 0 Å². The van der Waals surface area contributed by atoms with E-state index >= 15 is 0 Å². The number of carbonyl (C=O) groups is 2. The molecule has 0 amide bonds. The molecule has 3 rings (SSSR count). The number of rotatable bonds is 5. The first kappa shape index (κ1) is 14.8. The largest absolute Gasteiger partial charge is 0.369 e. The van der Waals surface area contributed by atoms with Crippen molar-refractivity contribution in [3.8, 4) is 0 Å². The highest BCUT2D eigenvalue weighted by molar-refractivity contribution is 7.98. The third-order valence-electron chi connectivity index (χ3n) is 4.68. The molecule has 1 fully saturated rings. The van der Waals surface area contributed by atoms with Crippen LogP contribution in [0, 0.1) is 11.3 Å². The van der Waals surface area contributed by atoms with Gasteiger partial charge in [0.15, 0.2) is 5.60 Å². The van der Waals surface area contributed by atoms with Crippen LogP contribution in [0.5, 0.6) is 0 Å². The van der Waals surface area contributed by atoms with Gasteiger partial charge in [-0.05, 0) is 25.7 Å². The molecular formula is C14H20O4S. The van der Waals surface area contributed by atoms with Crippen molar-refractivity contribution >= 4 is 23.8 Å². The number of ketones is 1. The number of thioether (sulfide) groups is 1. The van der Waals surface area contributed by atoms with E-state index in [1.165, 1.54) is 7.11 Å². The quantitative estimate of drug-likeness (QED) is 0.565. The molecule has 0 spiro atoms. The molecule has 0 aromatic carbocycles. The maximum atomic E-state index is 13.0. The second kappa shape index (κ2) is 4.72. The van der Waals surface area contributed by atoms with Gasteiger partial charge in [-0.25, -0.2) is 0 Å². The Morgan fingerprint density at radius 1 is 1.47 bits per heavy atom. The summed E-state index contributed by atoms with van der Waals surface area (Å²) in [6.45, 7) is 1.79. The Labute approximate surface area is 117 Å². The summed E-state index contributed by atoms with van der Waals surface area (Å²) in [6.07, 6.45) is 7.08. The van der Waals surface area contributed by atoms with Crippen LogP contribution in [-0.2, 0) is 19.1 Å². The molecule has 5 heteroatoms. The zero-order chi connectivity index (χ0) is 14.3. The highest BCUT2D eigenvalue weighted by atomic mass is 32.2. The highest BCUT2D eigenvalue weighted by Crippen LogP contribution is 2.55. The van der Waals surface area contributed by atoms with E-state index in [4.69, 9.17) is 9.47 Å². The standard InChI is InChI=1S/C14H20O4S/c1-12(8-15)7-10-5-6-14(12,18-3)11(16)13(10,17-2)9-19-4/h5-6,8,10H,7,9H2,1-4H3/t10-,12-,13+,14-/m0/s1. The SMILES string of the molecule is CO[C@@]1(CSC)C(=O)[C@@]2(OC)C=C[C@H]1C[C@@]2(C)C=O. The van der Waals surface area contributed by atoms with Gasteiger partial charge < -0.3 is 14.3 Å². The van der Waals surface area contributed by atoms with Crippen molar-refractivity contribution in [3.63, 3.8) is 0 Å². The molecule has 0 aromatic rings. The van der Waals surface area contributed by atoms with E-state index in [1.54, 1.807) is 31.9 Å². The van der Waals surface area contributed by atoms with Crippen LogP contribution in [0.25, 0.3) is 0 Å². The van der Waals surface area contributed by atoms with Gasteiger partial charge in [0.2, 0.25) is 5.78 Å². The monoisotopic (exact) mass is 284 g/mol. The lowest BCUT2D eigenvalue weighted by atomic mass is 9.52. The Morgan fingerprint density at radius 2 is 2.16 bits per heavy atom. The molecule has 0 aliphatic heterocycles. The van der Waals surface area contributed by atoms with Crippen molar-refractivity contribution in [2.24, 2.45) is 11.3 Å². The summed E-state index contributed by atoms with van der Waals surface area (Å²) < 4.78 is 11.1. The molecule has 0 N–H and O–H groups in total. The van der Waals surface area contributed by atoms with Crippen LogP contribution in [-0.4, -0.2) is 49.5 Å². The first-order valence-electron chi connectivity index (χ1n) is 6.26. The highest BCUT2D eigenvalue weighted by Gasteiger charge is 2.68. The van der Waals surface area contributed by atoms with Gasteiger partial charge in [-0.3, -0.25) is 4.79 Å². The molecule has 4 nitrogen and oxygen atoms in total. The Hall–Kier alpha value is -0.650. The fraction of sp³-hybridized carbons (Fsp3) is 0.714. The first-order valence-corrected chi connectivity index (χ1v) is 7.65. The van der Waals surface area contributed by atoms with Crippen molar-refractivity contribution in [3.05, 3.63) is 12.2 Å². The minimum Gasteiger partial charge on any atom is -0.369 e. The maximum absolute atomic E-state index is 13.0. The summed E-state index contributed by atoms with van der Waals surface area (Å²) in [4.78, 5) is 24.5. The predicted octanol–water partition coefficient (Wildman–Crippen LogP) is 1.48. The van der Waals surface area contributed by atoms with Crippen LogP contribution in [0.4, 0.5) is 0 Å². The number of aldehydes is 1. The van der Waals surface area contributed by atoms with E-state index in [0.717, 1.165) is 6.29 Å². The summed E-state index contributed by atoms with van der Waals surface area (Å²) in [6, 6.07) is 0. The predicted molar refractivity (Wildman–Crippen MR) is 74.3 cm³/mol. The van der Waals surface area contributed by atoms with Crippen LogP contribution >= 0.6 is 11.8 Å². The zero-order valence-corrected chi connectivity index (χ0v) is 12.6. The first-order chi connectivity index (χ1) is 8.96. The van der Waals surface area contributed by atoms with Crippen LogP contribution in [0.1, 0.15) is 13.3 Å². The third-order valence-corrected chi connectivity index (χ3v) is 5.40. The van der Waals surface area contributed by atoms with Crippen LogP contribution in [0.3, 0.4) is 0 Å². The van der Waals surface area contributed by atoms with Gasteiger partial charge in [-0.2, -0.15) is 11.8 Å². The van der Waals surface area contributed by atoms with Crippen molar-refractivity contribution in [2.45, 2.75) is 24.5 Å². The van der Waals surface area contributed by atoms with Crippen LogP contribution in [0.15, 0.2) is 12.2 Å². The molecule has 0 heterocycles. The number of hydrogen-bond donors (Lipinski definition) is 0. The minimum absolute atomic E-state index is 0.0790. The average molecular weight is 284 g/mol. The van der Waals surface area contributed by atoms with Crippen molar-refractivity contribution in [1.29, 1.82) is 0 Å². The number of carbonyl (C=O) groups excluding carboxylic acids is 2. The number of methoxy groups -OCH3 is 2. The van der Waals surface area contributed by atoms with Gasteiger partial charge in [0, 0.05) is 25.9 Å². The Balaban J connectivity index is 2.59. The molecule has 0 radical (unpaired) electrons. The second-order valence-corrected chi connectivity index (χ2v) is 6.37. The summed E-state index contributed by atoms with van der Waals surface area (Å²) in [5.41, 5.74) is -2.90. The van der Waals surface area contributed by atoms with Gasteiger partial charge in [-0.15, -0.1) is 0 Å².